The van der Waals surface area contributed by atoms with E-state index < -0.39 is 31.7 Å². The zero-order valence-corrected chi connectivity index (χ0v) is 14.4. The van der Waals surface area contributed by atoms with Gasteiger partial charge < -0.3 is 0 Å². The molecule has 0 bridgehead atoms. The van der Waals surface area contributed by atoms with E-state index in [0.717, 1.165) is 0 Å². The standard InChI is InChI=1S/C9H24As2O3/c1-10(2,3,4)13-9(12)14-11(5,6,7)8/h1-8H3. The van der Waals surface area contributed by atoms with Crippen molar-refractivity contribution >= 4 is 31.7 Å². The monoisotopic (exact) mass is 330 g/mol. The van der Waals surface area contributed by atoms with Crippen LogP contribution in [-0.2, 0) is 7.45 Å². The molecule has 0 atom stereocenters. The van der Waals surface area contributed by atoms with Crippen molar-refractivity contribution in [1.29, 1.82) is 0 Å². The molecule has 0 N–H and O–H groups in total. The predicted octanol–water partition coefficient (Wildman–Crippen LogP) is 3.98. The quantitative estimate of drug-likeness (QED) is 0.719. The van der Waals surface area contributed by atoms with Gasteiger partial charge in [-0.05, 0) is 0 Å². The minimum absolute atomic E-state index is 0.480. The number of hydrogen-bond donors (Lipinski definition) is 0. The van der Waals surface area contributed by atoms with Crippen LogP contribution in [0.1, 0.15) is 0 Å². The van der Waals surface area contributed by atoms with Crippen LogP contribution >= 0.6 is 0 Å². The van der Waals surface area contributed by atoms with E-state index in [0.29, 0.717) is 0 Å². The van der Waals surface area contributed by atoms with E-state index in [4.69, 9.17) is 7.45 Å². The van der Waals surface area contributed by atoms with Gasteiger partial charge in [-0.2, -0.15) is 0 Å². The molecule has 0 spiro atoms. The molecule has 0 amide bonds. The fraction of sp³-hybridized carbons (Fsp3) is 0.889. The molecule has 0 saturated heterocycles. The van der Waals surface area contributed by atoms with E-state index in [1.165, 1.54) is 0 Å². The van der Waals surface area contributed by atoms with Crippen LogP contribution in [0.5, 0.6) is 0 Å². The van der Waals surface area contributed by atoms with Crippen molar-refractivity contribution in [2.45, 2.75) is 45.7 Å². The van der Waals surface area contributed by atoms with Gasteiger partial charge in [-0.25, -0.2) is 0 Å². The number of rotatable bonds is 2. The van der Waals surface area contributed by atoms with Crippen molar-refractivity contribution in [3.05, 3.63) is 0 Å². The van der Waals surface area contributed by atoms with Gasteiger partial charge in [-0.15, -0.1) is 0 Å². The Morgan fingerprint density at radius 2 is 0.929 bits per heavy atom. The Kier molecular flexibility index (Phi) is 3.28. The van der Waals surface area contributed by atoms with Crippen LogP contribution in [0.2, 0.25) is 45.7 Å². The van der Waals surface area contributed by atoms with Crippen molar-refractivity contribution < 1.29 is 12.2 Å². The first-order chi connectivity index (χ1) is 5.60. The van der Waals surface area contributed by atoms with Crippen LogP contribution in [-0.4, -0.2) is 31.7 Å². The molecule has 0 aliphatic carbocycles. The Morgan fingerprint density at radius 1 is 0.714 bits per heavy atom. The molecule has 0 rings (SSSR count). The summed E-state index contributed by atoms with van der Waals surface area (Å²) in [5.74, 6) is 0. The summed E-state index contributed by atoms with van der Waals surface area (Å²) in [5, 5.41) is 0. The average molecular weight is 330 g/mol. The van der Waals surface area contributed by atoms with E-state index in [1.807, 2.05) is 45.7 Å². The number of carbonyl (C=O) groups excluding carboxylic acids is 1. The second-order valence-electron chi connectivity index (χ2n) is 7.26. The molecular weight excluding hydrogens is 306 g/mol. The van der Waals surface area contributed by atoms with Crippen molar-refractivity contribution in [2.24, 2.45) is 0 Å². The van der Waals surface area contributed by atoms with Gasteiger partial charge in [0.1, 0.15) is 0 Å². The van der Waals surface area contributed by atoms with Crippen molar-refractivity contribution in [1.82, 2.24) is 0 Å². The molecule has 0 unspecified atom stereocenters. The predicted molar refractivity (Wildman–Crippen MR) is 66.0 cm³/mol. The van der Waals surface area contributed by atoms with Gasteiger partial charge in [0, 0.05) is 0 Å². The zero-order valence-electron chi connectivity index (χ0n) is 10.6. The minimum atomic E-state index is -2.77. The first-order valence-electron chi connectivity index (χ1n) is 4.56. The van der Waals surface area contributed by atoms with E-state index in [9.17, 15) is 4.79 Å². The fourth-order valence-corrected chi connectivity index (χ4v) is 3.55. The molecule has 3 nitrogen and oxygen atoms in total. The normalized spacial score (nSPS) is 18.6. The van der Waals surface area contributed by atoms with Crippen LogP contribution in [0.25, 0.3) is 0 Å². The van der Waals surface area contributed by atoms with Gasteiger partial charge in [-0.1, -0.05) is 0 Å². The second kappa shape index (κ2) is 3.19. The molecule has 0 radical (unpaired) electrons. The summed E-state index contributed by atoms with van der Waals surface area (Å²) in [6.07, 6.45) is -0.480. The Balaban J connectivity index is 4.44. The van der Waals surface area contributed by atoms with Gasteiger partial charge >= 0.3 is 89.7 Å². The van der Waals surface area contributed by atoms with Gasteiger partial charge in [0.25, 0.3) is 0 Å². The topological polar surface area (TPSA) is 35.5 Å². The summed E-state index contributed by atoms with van der Waals surface area (Å²) in [7, 11) is 0. The molecule has 0 heterocycles. The summed E-state index contributed by atoms with van der Waals surface area (Å²) in [6.45, 7) is 0. The molecule has 0 aromatic carbocycles. The molecule has 5 heteroatoms. The van der Waals surface area contributed by atoms with Gasteiger partial charge in [-0.3, -0.25) is 0 Å². The van der Waals surface area contributed by atoms with Gasteiger partial charge in [0.15, 0.2) is 0 Å². The third-order valence-electron chi connectivity index (χ3n) is 0.879. The summed E-state index contributed by atoms with van der Waals surface area (Å²) in [5.41, 5.74) is 16.2. The Morgan fingerprint density at radius 3 is 1.07 bits per heavy atom. The molecular formula is C9H24As2O3. The summed E-state index contributed by atoms with van der Waals surface area (Å²) in [6, 6.07) is 0. The van der Waals surface area contributed by atoms with Crippen LogP contribution < -0.4 is 0 Å². The van der Waals surface area contributed by atoms with E-state index in [1.54, 1.807) is 0 Å². The fourth-order valence-electron chi connectivity index (χ4n) is 0.613. The van der Waals surface area contributed by atoms with Gasteiger partial charge in [0.05, 0.1) is 0 Å². The second-order valence-corrected chi connectivity index (χ2v) is 36.7. The number of carbonyl (C=O) groups is 1. The Labute approximate surface area is 89.5 Å². The summed E-state index contributed by atoms with van der Waals surface area (Å²) >= 11 is -5.54. The molecule has 0 aromatic rings. The molecule has 14 heavy (non-hydrogen) atoms. The van der Waals surface area contributed by atoms with E-state index in [2.05, 4.69) is 0 Å². The SMILES string of the molecule is C[As](C)(C)(C)OC(=O)O[As](C)(C)(C)C. The molecule has 0 aromatic heterocycles. The van der Waals surface area contributed by atoms with Crippen LogP contribution in [0.4, 0.5) is 4.79 Å². The Bertz CT molecular complexity index is 210. The summed E-state index contributed by atoms with van der Waals surface area (Å²) in [4.78, 5) is 11.5. The zero-order chi connectivity index (χ0) is 11.9. The maximum absolute atomic E-state index is 11.5. The molecule has 0 aliphatic heterocycles. The van der Waals surface area contributed by atoms with Crippen molar-refractivity contribution in [2.75, 3.05) is 0 Å². The Hall–Kier alpha value is 0.387. The van der Waals surface area contributed by atoms with Gasteiger partial charge in [0.2, 0.25) is 0 Å². The van der Waals surface area contributed by atoms with Crippen LogP contribution in [0.15, 0.2) is 0 Å². The number of hydrogen-bond acceptors (Lipinski definition) is 3. The average Bonchev–Trinajstić information content (AvgIpc) is 1.41. The first-order valence-corrected chi connectivity index (χ1v) is 21.1. The molecule has 0 saturated carbocycles. The van der Waals surface area contributed by atoms with Crippen molar-refractivity contribution in [3.8, 4) is 0 Å². The van der Waals surface area contributed by atoms with E-state index in [-0.39, 0.29) is 0 Å². The van der Waals surface area contributed by atoms with Crippen LogP contribution in [0.3, 0.4) is 0 Å². The van der Waals surface area contributed by atoms with Crippen molar-refractivity contribution in [3.63, 3.8) is 0 Å². The first kappa shape index (κ1) is 14.4. The maximum atomic E-state index is 11.5. The molecule has 0 aliphatic rings. The molecule has 0 fully saturated rings. The molecule has 88 valence electrons. The van der Waals surface area contributed by atoms with Crippen LogP contribution in [0, 0.1) is 0 Å². The third kappa shape index (κ3) is 10.5. The summed E-state index contributed by atoms with van der Waals surface area (Å²) < 4.78 is 10.9. The van der Waals surface area contributed by atoms with E-state index >= 15 is 0 Å². The third-order valence-corrected chi connectivity index (χ3v) is 4.57.